The van der Waals surface area contributed by atoms with Crippen molar-refractivity contribution in [1.82, 2.24) is 4.31 Å². The summed E-state index contributed by atoms with van der Waals surface area (Å²) in [4.78, 5) is 14.9. The van der Waals surface area contributed by atoms with Crippen LogP contribution in [-0.4, -0.2) is 32.2 Å². The van der Waals surface area contributed by atoms with E-state index in [1.165, 1.54) is 9.21 Å². The number of nitrogens with zero attached hydrogens (tertiary/aromatic N) is 2. The fourth-order valence-corrected chi connectivity index (χ4v) is 5.67. The summed E-state index contributed by atoms with van der Waals surface area (Å²) < 4.78 is 28.9. The summed E-state index contributed by atoms with van der Waals surface area (Å²) in [7, 11) is -2.25. The Hall–Kier alpha value is -2.96. The Morgan fingerprint density at radius 2 is 1.38 bits per heavy atom. The lowest BCUT2D eigenvalue weighted by atomic mass is 10.1. The van der Waals surface area contributed by atoms with Gasteiger partial charge < -0.3 is 4.90 Å². The number of rotatable bonds is 7. The summed E-state index contributed by atoms with van der Waals surface area (Å²) in [6.07, 6.45) is 0. The van der Waals surface area contributed by atoms with Crippen molar-refractivity contribution in [3.8, 4) is 0 Å². The standard InChI is InChI=1S/C26H30N2O3S/c1-19-11-13-23(14-12-19)17-28(18-25(29)27(5)24-9-7-6-8-10-24)32(30,31)26-21(3)15-20(2)16-22(26)4/h6-16H,17-18H2,1-5H3. The lowest BCUT2D eigenvalue weighted by Gasteiger charge is -2.26. The maximum Gasteiger partial charge on any atom is 0.244 e. The first-order chi connectivity index (χ1) is 15.1. The van der Waals surface area contributed by atoms with Gasteiger partial charge in [0.05, 0.1) is 11.4 Å². The molecule has 0 spiro atoms. The molecule has 3 rings (SSSR count). The minimum Gasteiger partial charge on any atom is -0.314 e. The molecule has 0 heterocycles. The lowest BCUT2D eigenvalue weighted by Crippen LogP contribution is -2.41. The number of hydrogen-bond acceptors (Lipinski definition) is 3. The molecule has 0 bridgehead atoms. The molecule has 0 radical (unpaired) electrons. The molecule has 1 amide bonds. The highest BCUT2D eigenvalue weighted by molar-refractivity contribution is 7.89. The highest BCUT2D eigenvalue weighted by Gasteiger charge is 2.31. The van der Waals surface area contributed by atoms with Crippen LogP contribution in [0.2, 0.25) is 0 Å². The molecule has 32 heavy (non-hydrogen) atoms. The Labute approximate surface area is 191 Å². The summed E-state index contributed by atoms with van der Waals surface area (Å²) in [5.74, 6) is -0.297. The third kappa shape index (κ3) is 5.26. The van der Waals surface area contributed by atoms with Gasteiger partial charge in [0.2, 0.25) is 15.9 Å². The van der Waals surface area contributed by atoms with Gasteiger partial charge in [-0.15, -0.1) is 0 Å². The van der Waals surface area contributed by atoms with Crippen molar-refractivity contribution in [2.24, 2.45) is 0 Å². The van der Waals surface area contributed by atoms with E-state index in [0.717, 1.165) is 16.7 Å². The Morgan fingerprint density at radius 3 is 1.94 bits per heavy atom. The van der Waals surface area contributed by atoms with Gasteiger partial charge in [-0.3, -0.25) is 4.79 Å². The van der Waals surface area contributed by atoms with Crippen LogP contribution in [0, 0.1) is 27.7 Å². The molecule has 0 aliphatic rings. The molecule has 0 aromatic heterocycles. The average molecular weight is 451 g/mol. The van der Waals surface area contributed by atoms with Crippen molar-refractivity contribution in [2.45, 2.75) is 39.1 Å². The molecule has 5 nitrogen and oxygen atoms in total. The predicted octanol–water partition coefficient (Wildman–Crippen LogP) is 4.77. The van der Waals surface area contributed by atoms with Crippen molar-refractivity contribution < 1.29 is 13.2 Å². The molecular formula is C26H30N2O3S. The highest BCUT2D eigenvalue weighted by atomic mass is 32.2. The van der Waals surface area contributed by atoms with E-state index in [1.54, 1.807) is 20.9 Å². The van der Waals surface area contributed by atoms with E-state index >= 15 is 0 Å². The average Bonchev–Trinajstić information content (AvgIpc) is 2.73. The fraction of sp³-hybridized carbons (Fsp3) is 0.269. The smallest absolute Gasteiger partial charge is 0.244 e. The van der Waals surface area contributed by atoms with Gasteiger partial charge in [0.25, 0.3) is 0 Å². The maximum absolute atomic E-state index is 13.8. The second-order valence-corrected chi connectivity index (χ2v) is 10.1. The van der Waals surface area contributed by atoms with E-state index in [-0.39, 0.29) is 23.9 Å². The summed E-state index contributed by atoms with van der Waals surface area (Å²) in [6, 6.07) is 20.6. The van der Waals surface area contributed by atoms with E-state index in [4.69, 9.17) is 0 Å². The van der Waals surface area contributed by atoms with Crippen LogP contribution in [0.4, 0.5) is 5.69 Å². The number of para-hydroxylation sites is 1. The van der Waals surface area contributed by atoms with Crippen molar-refractivity contribution >= 4 is 21.6 Å². The summed E-state index contributed by atoms with van der Waals surface area (Å²) >= 11 is 0. The minimum atomic E-state index is -3.91. The zero-order valence-electron chi connectivity index (χ0n) is 19.3. The molecule has 0 fully saturated rings. The van der Waals surface area contributed by atoms with Gasteiger partial charge >= 0.3 is 0 Å². The van der Waals surface area contributed by atoms with Gasteiger partial charge in [-0.2, -0.15) is 4.31 Å². The predicted molar refractivity (Wildman–Crippen MR) is 129 cm³/mol. The first-order valence-corrected chi connectivity index (χ1v) is 12.0. The van der Waals surface area contributed by atoms with Crippen LogP contribution in [0.15, 0.2) is 71.6 Å². The maximum atomic E-state index is 13.8. The third-order valence-corrected chi connectivity index (χ3v) is 7.61. The zero-order chi connectivity index (χ0) is 23.5. The van der Waals surface area contributed by atoms with E-state index in [1.807, 2.05) is 80.6 Å². The number of benzene rings is 3. The largest absolute Gasteiger partial charge is 0.314 e. The van der Waals surface area contributed by atoms with Crippen LogP contribution in [0.25, 0.3) is 0 Å². The number of likely N-dealkylation sites (N-methyl/N-ethyl adjacent to an activating group) is 1. The molecule has 0 atom stereocenters. The van der Waals surface area contributed by atoms with Crippen LogP contribution < -0.4 is 4.90 Å². The van der Waals surface area contributed by atoms with Gasteiger partial charge in [-0.25, -0.2) is 8.42 Å². The number of anilines is 1. The fourth-order valence-electron chi connectivity index (χ4n) is 3.88. The van der Waals surface area contributed by atoms with Crippen LogP contribution >= 0.6 is 0 Å². The first-order valence-electron chi connectivity index (χ1n) is 10.5. The number of sulfonamides is 1. The van der Waals surface area contributed by atoms with Crippen molar-refractivity contribution in [2.75, 3.05) is 18.5 Å². The Balaban J connectivity index is 2.00. The molecule has 0 saturated carbocycles. The van der Waals surface area contributed by atoms with E-state index in [9.17, 15) is 13.2 Å². The molecule has 0 aliphatic heterocycles. The molecule has 0 aliphatic carbocycles. The number of aryl methyl sites for hydroxylation is 4. The third-order valence-electron chi connectivity index (χ3n) is 5.51. The van der Waals surface area contributed by atoms with Crippen LogP contribution in [-0.2, 0) is 21.4 Å². The zero-order valence-corrected chi connectivity index (χ0v) is 20.1. The lowest BCUT2D eigenvalue weighted by molar-refractivity contribution is -0.118. The van der Waals surface area contributed by atoms with Gasteiger partial charge in [0.1, 0.15) is 0 Å². The number of hydrogen-bond donors (Lipinski definition) is 0. The second kappa shape index (κ2) is 9.67. The van der Waals surface area contributed by atoms with E-state index < -0.39 is 10.0 Å². The molecule has 168 valence electrons. The first kappa shape index (κ1) is 23.7. The SMILES string of the molecule is Cc1ccc(CN(CC(=O)N(C)c2ccccc2)S(=O)(=O)c2c(C)cc(C)cc2C)cc1. The molecule has 3 aromatic rings. The van der Waals surface area contributed by atoms with E-state index in [2.05, 4.69) is 0 Å². The number of amides is 1. The minimum absolute atomic E-state index is 0.115. The highest BCUT2D eigenvalue weighted by Crippen LogP contribution is 2.27. The Kier molecular flexibility index (Phi) is 7.16. The quantitative estimate of drug-likeness (QED) is 0.521. The Morgan fingerprint density at radius 1 is 0.812 bits per heavy atom. The normalized spacial score (nSPS) is 11.6. The van der Waals surface area contributed by atoms with Gasteiger partial charge in [0.15, 0.2) is 0 Å². The molecule has 0 N–H and O–H groups in total. The second-order valence-electron chi connectivity index (χ2n) is 8.27. The van der Waals surface area contributed by atoms with Gasteiger partial charge in [-0.1, -0.05) is 65.7 Å². The molecule has 3 aromatic carbocycles. The van der Waals surface area contributed by atoms with Gasteiger partial charge in [0, 0.05) is 19.3 Å². The molecule has 0 unspecified atom stereocenters. The molecule has 6 heteroatoms. The van der Waals surface area contributed by atoms with Crippen molar-refractivity contribution in [3.63, 3.8) is 0 Å². The van der Waals surface area contributed by atoms with Crippen molar-refractivity contribution in [1.29, 1.82) is 0 Å². The molecule has 0 saturated heterocycles. The summed E-state index contributed by atoms with van der Waals surface area (Å²) in [5.41, 5.74) is 5.00. The number of carbonyl (C=O) groups excluding carboxylic acids is 1. The Bertz CT molecular complexity index is 1180. The summed E-state index contributed by atoms with van der Waals surface area (Å²) in [5, 5.41) is 0. The monoisotopic (exact) mass is 450 g/mol. The van der Waals surface area contributed by atoms with Gasteiger partial charge in [-0.05, 0) is 56.5 Å². The van der Waals surface area contributed by atoms with Crippen molar-refractivity contribution in [3.05, 3.63) is 94.5 Å². The topological polar surface area (TPSA) is 57.7 Å². The van der Waals surface area contributed by atoms with Crippen LogP contribution in [0.5, 0.6) is 0 Å². The van der Waals surface area contributed by atoms with Crippen LogP contribution in [0.3, 0.4) is 0 Å². The number of carbonyl (C=O) groups is 1. The van der Waals surface area contributed by atoms with Crippen LogP contribution in [0.1, 0.15) is 27.8 Å². The summed E-state index contributed by atoms with van der Waals surface area (Å²) in [6.45, 7) is 7.39. The van der Waals surface area contributed by atoms with E-state index in [0.29, 0.717) is 16.8 Å². The molecular weight excluding hydrogens is 420 g/mol.